The lowest BCUT2D eigenvalue weighted by Gasteiger charge is -2.28. The zero-order valence-electron chi connectivity index (χ0n) is 19.9. The topological polar surface area (TPSA) is 90.3 Å². The van der Waals surface area contributed by atoms with Gasteiger partial charge in [0.15, 0.2) is 0 Å². The highest BCUT2D eigenvalue weighted by Gasteiger charge is 2.33. The number of anilines is 2. The summed E-state index contributed by atoms with van der Waals surface area (Å²) < 4.78 is 12.8. The summed E-state index contributed by atoms with van der Waals surface area (Å²) in [6.45, 7) is 4.78. The average molecular weight is 462 g/mol. The second-order valence-corrected chi connectivity index (χ2v) is 8.26. The fraction of sp³-hybridized carbons (Fsp3) is 0.346. The molecule has 0 radical (unpaired) electrons. The van der Waals surface area contributed by atoms with Crippen molar-refractivity contribution in [3.05, 3.63) is 71.7 Å². The molecule has 8 nitrogen and oxygen atoms in total. The van der Waals surface area contributed by atoms with Crippen LogP contribution in [0.2, 0.25) is 0 Å². The highest BCUT2D eigenvalue weighted by atomic mass is 16.5. The summed E-state index contributed by atoms with van der Waals surface area (Å²) in [5.41, 5.74) is 2.90. The monoisotopic (exact) mass is 461 g/mol. The molecule has 0 spiro atoms. The molecule has 0 unspecified atom stereocenters. The molecule has 1 amide bonds. The molecule has 34 heavy (non-hydrogen) atoms. The third-order valence-electron chi connectivity index (χ3n) is 5.85. The Labute approximate surface area is 200 Å². The number of amides is 1. The van der Waals surface area contributed by atoms with Crippen molar-refractivity contribution in [3.63, 3.8) is 0 Å². The molecular weight excluding hydrogens is 430 g/mol. The number of carbonyl (C=O) groups is 1. The molecule has 0 saturated heterocycles. The average Bonchev–Trinajstić information content (AvgIpc) is 3.32. The van der Waals surface area contributed by atoms with Crippen LogP contribution in [0.1, 0.15) is 51.1 Å². The Morgan fingerprint density at radius 2 is 1.79 bits per heavy atom. The molecule has 2 aromatic carbocycles. The Balaban J connectivity index is 1.55. The Morgan fingerprint density at radius 3 is 2.50 bits per heavy atom. The zero-order valence-corrected chi connectivity index (χ0v) is 19.9. The number of hydrogen-bond acceptors (Lipinski definition) is 6. The molecule has 2 heterocycles. The van der Waals surface area contributed by atoms with E-state index in [1.54, 1.807) is 11.8 Å². The molecular formula is C26H31N5O3. The van der Waals surface area contributed by atoms with Gasteiger partial charge in [0.25, 0.3) is 5.91 Å². The number of fused-ring (bicyclic) bond motifs is 1. The van der Waals surface area contributed by atoms with Crippen LogP contribution in [0.15, 0.2) is 66.1 Å². The maximum absolute atomic E-state index is 13.4. The maximum atomic E-state index is 13.4. The van der Waals surface area contributed by atoms with Crippen LogP contribution in [0, 0.1) is 0 Å². The van der Waals surface area contributed by atoms with Gasteiger partial charge in [0.05, 0.1) is 19.3 Å². The summed E-state index contributed by atoms with van der Waals surface area (Å²) in [4.78, 5) is 17.7. The van der Waals surface area contributed by atoms with E-state index in [0.29, 0.717) is 23.8 Å². The van der Waals surface area contributed by atoms with E-state index in [1.807, 2.05) is 55.5 Å². The van der Waals surface area contributed by atoms with Crippen LogP contribution in [0.3, 0.4) is 0 Å². The molecule has 0 aliphatic carbocycles. The Morgan fingerprint density at radius 1 is 1.06 bits per heavy atom. The van der Waals surface area contributed by atoms with Gasteiger partial charge in [-0.05, 0) is 55.3 Å². The van der Waals surface area contributed by atoms with E-state index in [0.717, 1.165) is 29.2 Å². The molecule has 0 bridgehead atoms. The van der Waals surface area contributed by atoms with Crippen LogP contribution in [-0.2, 0) is 4.79 Å². The quantitative estimate of drug-likeness (QED) is 0.405. The summed E-state index contributed by atoms with van der Waals surface area (Å²) in [5.74, 6) is 1.93. The summed E-state index contributed by atoms with van der Waals surface area (Å²) in [6.07, 6.45) is 6.14. The van der Waals surface area contributed by atoms with E-state index in [1.165, 1.54) is 25.6 Å². The first-order chi connectivity index (χ1) is 16.6. The second kappa shape index (κ2) is 10.9. The number of ether oxygens (including phenoxy) is 2. The van der Waals surface area contributed by atoms with Gasteiger partial charge >= 0.3 is 0 Å². The first-order valence-corrected chi connectivity index (χ1v) is 11.7. The first kappa shape index (κ1) is 23.4. The van der Waals surface area contributed by atoms with Crippen LogP contribution in [0.5, 0.6) is 11.5 Å². The second-order valence-electron chi connectivity index (χ2n) is 8.26. The minimum atomic E-state index is -0.421. The van der Waals surface area contributed by atoms with Gasteiger partial charge in [-0.2, -0.15) is 10.1 Å². The smallest absolute Gasteiger partial charge is 0.255 e. The minimum absolute atomic E-state index is 0.211. The maximum Gasteiger partial charge on any atom is 0.255 e. The first-order valence-electron chi connectivity index (χ1n) is 11.7. The number of nitrogens with one attached hydrogen (secondary N) is 2. The number of aromatic nitrogens is 3. The van der Waals surface area contributed by atoms with Crippen LogP contribution < -0.4 is 20.1 Å². The van der Waals surface area contributed by atoms with Gasteiger partial charge in [-0.1, -0.05) is 38.3 Å². The molecule has 3 aromatic rings. The number of hydrogen-bond donors (Lipinski definition) is 2. The Kier molecular flexibility index (Phi) is 7.47. The van der Waals surface area contributed by atoms with Gasteiger partial charge in [0, 0.05) is 11.4 Å². The molecule has 8 heteroatoms. The number of allylic oxidation sites excluding steroid dienone is 1. The van der Waals surface area contributed by atoms with Crippen molar-refractivity contribution in [3.8, 4) is 11.5 Å². The number of methoxy groups -OCH3 is 1. The highest BCUT2D eigenvalue weighted by Crippen LogP contribution is 2.35. The number of unbranched alkanes of at least 4 members (excludes halogenated alkanes) is 3. The van der Waals surface area contributed by atoms with Gasteiger partial charge in [0.1, 0.15) is 23.9 Å². The van der Waals surface area contributed by atoms with E-state index in [9.17, 15) is 4.79 Å². The molecule has 178 valence electrons. The third-order valence-corrected chi connectivity index (χ3v) is 5.85. The lowest BCUT2D eigenvalue weighted by Crippen LogP contribution is -2.31. The summed E-state index contributed by atoms with van der Waals surface area (Å²) in [5, 5.41) is 10.6. The van der Waals surface area contributed by atoms with E-state index >= 15 is 0 Å². The van der Waals surface area contributed by atoms with Crippen molar-refractivity contribution in [2.45, 2.75) is 45.6 Å². The van der Waals surface area contributed by atoms with Gasteiger partial charge in [-0.3, -0.25) is 4.79 Å². The van der Waals surface area contributed by atoms with E-state index in [2.05, 4.69) is 27.6 Å². The SMILES string of the molecule is CCCCCCOc1ccc([C@H]2C(C(=O)Nc3ccc(OC)cc3)=C(C)Nc3ncnn32)cc1. The van der Waals surface area contributed by atoms with Gasteiger partial charge in [0.2, 0.25) is 5.95 Å². The number of rotatable bonds is 10. The third kappa shape index (κ3) is 5.22. The molecule has 0 saturated carbocycles. The van der Waals surface area contributed by atoms with Crippen molar-refractivity contribution in [1.82, 2.24) is 14.8 Å². The van der Waals surface area contributed by atoms with Crippen molar-refractivity contribution < 1.29 is 14.3 Å². The van der Waals surface area contributed by atoms with Gasteiger partial charge in [-0.25, -0.2) is 4.68 Å². The molecule has 1 aromatic heterocycles. The molecule has 2 N–H and O–H groups in total. The lowest BCUT2D eigenvalue weighted by molar-refractivity contribution is -0.113. The number of carbonyl (C=O) groups excluding carboxylic acids is 1. The summed E-state index contributed by atoms with van der Waals surface area (Å²) in [7, 11) is 1.61. The standard InChI is InChI=1S/C26H31N5O3/c1-4-5-6-7-16-34-22-12-8-19(9-13-22)24-23(18(2)29-26-27-17-28-31(24)26)25(32)30-20-10-14-21(33-3)15-11-20/h8-15,17,24H,4-7,16H2,1-3H3,(H,30,32)(H,27,28,29)/t24-/m0/s1. The van der Waals surface area contributed by atoms with Crippen LogP contribution in [0.4, 0.5) is 11.6 Å². The fourth-order valence-electron chi connectivity index (χ4n) is 4.03. The molecule has 0 fully saturated rings. The van der Waals surface area contributed by atoms with Crippen molar-refractivity contribution >= 4 is 17.5 Å². The normalized spacial score (nSPS) is 14.9. The molecule has 1 aliphatic rings. The van der Waals surface area contributed by atoms with Crippen LogP contribution in [-0.4, -0.2) is 34.4 Å². The van der Waals surface area contributed by atoms with Gasteiger partial charge < -0.3 is 20.1 Å². The predicted molar refractivity (Wildman–Crippen MR) is 132 cm³/mol. The van der Waals surface area contributed by atoms with E-state index in [4.69, 9.17) is 9.47 Å². The van der Waals surface area contributed by atoms with Crippen molar-refractivity contribution in [2.75, 3.05) is 24.4 Å². The van der Waals surface area contributed by atoms with Gasteiger partial charge in [-0.15, -0.1) is 0 Å². The number of nitrogens with zero attached hydrogens (tertiary/aromatic N) is 3. The zero-order chi connectivity index (χ0) is 23.9. The fourth-order valence-corrected chi connectivity index (χ4v) is 4.03. The van der Waals surface area contributed by atoms with Crippen molar-refractivity contribution in [1.29, 1.82) is 0 Å². The minimum Gasteiger partial charge on any atom is -0.497 e. The molecule has 4 rings (SSSR count). The van der Waals surface area contributed by atoms with Crippen LogP contribution in [0.25, 0.3) is 0 Å². The van der Waals surface area contributed by atoms with Crippen molar-refractivity contribution in [2.24, 2.45) is 0 Å². The summed E-state index contributed by atoms with van der Waals surface area (Å²) in [6, 6.07) is 14.7. The predicted octanol–water partition coefficient (Wildman–Crippen LogP) is 5.17. The van der Waals surface area contributed by atoms with Crippen LogP contribution >= 0.6 is 0 Å². The lowest BCUT2D eigenvalue weighted by atomic mass is 9.95. The Bertz CT molecular complexity index is 1140. The summed E-state index contributed by atoms with van der Waals surface area (Å²) >= 11 is 0. The number of benzene rings is 2. The molecule has 1 atom stereocenters. The highest BCUT2D eigenvalue weighted by molar-refractivity contribution is 6.06. The Hall–Kier alpha value is -3.81. The largest absolute Gasteiger partial charge is 0.497 e. The van der Waals surface area contributed by atoms with E-state index < -0.39 is 6.04 Å². The van der Waals surface area contributed by atoms with E-state index in [-0.39, 0.29) is 5.91 Å². The molecule has 1 aliphatic heterocycles.